The van der Waals surface area contributed by atoms with Crippen LogP contribution in [0.4, 0.5) is 4.39 Å². The summed E-state index contributed by atoms with van der Waals surface area (Å²) in [5.74, 6) is 0. The molecule has 2 heteroatoms. The Morgan fingerprint density at radius 3 is 1.80 bits per heavy atom. The molecule has 1 saturated carbocycles. The van der Waals surface area contributed by atoms with Crippen LogP contribution in [0.25, 0.3) is 0 Å². The molecular formula is C13H25FO. The molecular weight excluding hydrogens is 191 g/mol. The van der Waals surface area contributed by atoms with Crippen LogP contribution in [0.1, 0.15) is 64.2 Å². The number of rotatable bonds is 1. The Hall–Kier alpha value is -0.110. The zero-order chi connectivity index (χ0) is 10.9. The van der Waals surface area contributed by atoms with Crippen molar-refractivity contribution in [2.75, 3.05) is 7.11 Å². The summed E-state index contributed by atoms with van der Waals surface area (Å²) in [4.78, 5) is 0. The lowest BCUT2D eigenvalue weighted by molar-refractivity contribution is 0.0201. The molecule has 1 aliphatic carbocycles. The molecule has 0 aromatic rings. The van der Waals surface area contributed by atoms with Gasteiger partial charge in [-0.3, -0.25) is 0 Å². The quantitative estimate of drug-likeness (QED) is 0.636. The topological polar surface area (TPSA) is 9.23 Å². The van der Waals surface area contributed by atoms with E-state index < -0.39 is 6.17 Å². The molecule has 0 amide bonds. The monoisotopic (exact) mass is 216 g/mol. The fourth-order valence-electron chi connectivity index (χ4n) is 2.38. The third kappa shape index (κ3) is 5.50. The molecule has 0 heterocycles. The van der Waals surface area contributed by atoms with Crippen molar-refractivity contribution >= 4 is 0 Å². The maximum Gasteiger partial charge on any atom is 0.126 e. The summed E-state index contributed by atoms with van der Waals surface area (Å²) in [6.45, 7) is 0. The molecule has 0 saturated heterocycles. The van der Waals surface area contributed by atoms with E-state index >= 15 is 0 Å². The first-order valence-corrected chi connectivity index (χ1v) is 6.51. The van der Waals surface area contributed by atoms with Gasteiger partial charge in [0.2, 0.25) is 0 Å². The van der Waals surface area contributed by atoms with Crippen LogP contribution in [0.15, 0.2) is 0 Å². The van der Waals surface area contributed by atoms with Gasteiger partial charge in [-0.2, -0.15) is 0 Å². The first-order valence-electron chi connectivity index (χ1n) is 6.51. The van der Waals surface area contributed by atoms with Gasteiger partial charge in [0.25, 0.3) is 0 Å². The third-order valence-corrected chi connectivity index (χ3v) is 3.42. The number of halogens is 1. The zero-order valence-corrected chi connectivity index (χ0v) is 10.0. The fourth-order valence-corrected chi connectivity index (χ4v) is 2.38. The Morgan fingerprint density at radius 1 is 0.800 bits per heavy atom. The van der Waals surface area contributed by atoms with E-state index in [0.29, 0.717) is 6.42 Å². The SMILES string of the molecule is COC1CCCCCCCCCCC1F. The summed E-state index contributed by atoms with van der Waals surface area (Å²) in [5.41, 5.74) is 0. The second-order valence-electron chi connectivity index (χ2n) is 4.70. The van der Waals surface area contributed by atoms with Crippen molar-refractivity contribution in [3.05, 3.63) is 0 Å². The minimum Gasteiger partial charge on any atom is -0.378 e. The van der Waals surface area contributed by atoms with E-state index in [0.717, 1.165) is 19.3 Å². The molecule has 2 atom stereocenters. The summed E-state index contributed by atoms with van der Waals surface area (Å²) in [7, 11) is 1.64. The second kappa shape index (κ2) is 8.09. The molecule has 1 fully saturated rings. The zero-order valence-electron chi connectivity index (χ0n) is 10.0. The van der Waals surface area contributed by atoms with Crippen molar-refractivity contribution in [2.24, 2.45) is 0 Å². The molecule has 0 bridgehead atoms. The van der Waals surface area contributed by atoms with Crippen LogP contribution in [0.5, 0.6) is 0 Å². The second-order valence-corrected chi connectivity index (χ2v) is 4.70. The molecule has 0 aromatic carbocycles. The summed E-state index contributed by atoms with van der Waals surface area (Å²) in [6.07, 6.45) is 10.6. The van der Waals surface area contributed by atoms with Crippen LogP contribution in [0.3, 0.4) is 0 Å². The van der Waals surface area contributed by atoms with Crippen LogP contribution in [-0.4, -0.2) is 19.4 Å². The predicted molar refractivity (Wildman–Crippen MR) is 61.9 cm³/mol. The van der Waals surface area contributed by atoms with Gasteiger partial charge in [-0.05, 0) is 12.8 Å². The van der Waals surface area contributed by atoms with Gasteiger partial charge in [0.15, 0.2) is 0 Å². The standard InChI is InChI=1S/C13H25FO/c1-15-13-11-9-7-5-3-2-4-6-8-10-12(13)14/h12-13H,2-11H2,1H3. The van der Waals surface area contributed by atoms with E-state index in [9.17, 15) is 4.39 Å². The molecule has 1 nitrogen and oxygen atoms in total. The van der Waals surface area contributed by atoms with Crippen LogP contribution >= 0.6 is 0 Å². The smallest absolute Gasteiger partial charge is 0.126 e. The minimum atomic E-state index is -0.741. The van der Waals surface area contributed by atoms with Gasteiger partial charge in [-0.1, -0.05) is 51.4 Å². The van der Waals surface area contributed by atoms with Gasteiger partial charge in [0.1, 0.15) is 6.17 Å². The lowest BCUT2D eigenvalue weighted by Crippen LogP contribution is -2.24. The molecule has 90 valence electrons. The third-order valence-electron chi connectivity index (χ3n) is 3.42. The normalized spacial score (nSPS) is 31.6. The molecule has 0 spiro atoms. The number of hydrogen-bond donors (Lipinski definition) is 0. The molecule has 1 rings (SSSR count). The minimum absolute atomic E-state index is 0.149. The Morgan fingerprint density at radius 2 is 1.27 bits per heavy atom. The van der Waals surface area contributed by atoms with Crippen LogP contribution in [-0.2, 0) is 4.74 Å². The van der Waals surface area contributed by atoms with Crippen LogP contribution in [0.2, 0.25) is 0 Å². The van der Waals surface area contributed by atoms with Crippen molar-refractivity contribution in [1.82, 2.24) is 0 Å². The van der Waals surface area contributed by atoms with Crippen molar-refractivity contribution in [3.8, 4) is 0 Å². The summed E-state index contributed by atoms with van der Waals surface area (Å²) >= 11 is 0. The van der Waals surface area contributed by atoms with Crippen molar-refractivity contribution < 1.29 is 9.13 Å². The maximum atomic E-state index is 13.7. The molecule has 15 heavy (non-hydrogen) atoms. The van der Waals surface area contributed by atoms with Gasteiger partial charge in [-0.15, -0.1) is 0 Å². The molecule has 1 aliphatic rings. The van der Waals surface area contributed by atoms with Crippen molar-refractivity contribution in [1.29, 1.82) is 0 Å². The van der Waals surface area contributed by atoms with Gasteiger partial charge in [0, 0.05) is 7.11 Å². The number of ether oxygens (including phenoxy) is 1. The number of hydrogen-bond acceptors (Lipinski definition) is 1. The van der Waals surface area contributed by atoms with Crippen molar-refractivity contribution in [3.63, 3.8) is 0 Å². The highest BCUT2D eigenvalue weighted by molar-refractivity contribution is 4.70. The largest absolute Gasteiger partial charge is 0.378 e. The highest BCUT2D eigenvalue weighted by Crippen LogP contribution is 2.20. The fraction of sp³-hybridized carbons (Fsp3) is 1.00. The Balaban J connectivity index is 2.30. The maximum absolute atomic E-state index is 13.7. The van der Waals surface area contributed by atoms with E-state index in [1.54, 1.807) is 7.11 Å². The van der Waals surface area contributed by atoms with E-state index in [-0.39, 0.29) is 6.10 Å². The van der Waals surface area contributed by atoms with E-state index in [1.165, 1.54) is 38.5 Å². The molecule has 0 N–H and O–H groups in total. The van der Waals surface area contributed by atoms with Gasteiger partial charge in [0.05, 0.1) is 6.10 Å². The van der Waals surface area contributed by atoms with Gasteiger partial charge < -0.3 is 4.74 Å². The molecule has 0 aliphatic heterocycles. The summed E-state index contributed by atoms with van der Waals surface area (Å²) in [6, 6.07) is 0. The lowest BCUT2D eigenvalue weighted by Gasteiger charge is -2.20. The van der Waals surface area contributed by atoms with Crippen LogP contribution < -0.4 is 0 Å². The Labute approximate surface area is 93.4 Å². The number of methoxy groups -OCH3 is 1. The molecule has 2 unspecified atom stereocenters. The van der Waals surface area contributed by atoms with E-state index in [4.69, 9.17) is 4.74 Å². The van der Waals surface area contributed by atoms with Gasteiger partial charge in [-0.25, -0.2) is 4.39 Å². The first kappa shape index (κ1) is 13.0. The highest BCUT2D eigenvalue weighted by atomic mass is 19.1. The Kier molecular flexibility index (Phi) is 6.99. The average molecular weight is 216 g/mol. The van der Waals surface area contributed by atoms with E-state index in [2.05, 4.69) is 0 Å². The van der Waals surface area contributed by atoms with Crippen LogP contribution in [0, 0.1) is 0 Å². The molecule has 0 aromatic heterocycles. The van der Waals surface area contributed by atoms with Crippen molar-refractivity contribution in [2.45, 2.75) is 76.5 Å². The lowest BCUT2D eigenvalue weighted by atomic mass is 9.98. The Bertz CT molecular complexity index is 149. The molecule has 0 radical (unpaired) electrons. The predicted octanol–water partition coefficient (Wildman–Crippen LogP) is 4.25. The first-order chi connectivity index (χ1) is 7.34. The average Bonchev–Trinajstić information content (AvgIpc) is 2.23. The summed E-state index contributed by atoms with van der Waals surface area (Å²) < 4.78 is 18.9. The highest BCUT2D eigenvalue weighted by Gasteiger charge is 2.19. The number of alkyl halides is 1. The van der Waals surface area contributed by atoms with E-state index in [1.807, 2.05) is 0 Å². The van der Waals surface area contributed by atoms with Gasteiger partial charge >= 0.3 is 0 Å². The summed E-state index contributed by atoms with van der Waals surface area (Å²) in [5, 5.41) is 0.